The summed E-state index contributed by atoms with van der Waals surface area (Å²) in [5, 5.41) is 11.6. The lowest BCUT2D eigenvalue weighted by Crippen LogP contribution is -2.27. The number of nitriles is 1. The van der Waals surface area contributed by atoms with Crippen LogP contribution in [0, 0.1) is 11.3 Å². The van der Waals surface area contributed by atoms with E-state index in [9.17, 15) is 4.79 Å². The molecule has 0 aliphatic carbocycles. The van der Waals surface area contributed by atoms with Gasteiger partial charge in [0.2, 0.25) is 0 Å². The van der Waals surface area contributed by atoms with E-state index in [4.69, 9.17) is 14.4 Å². The van der Waals surface area contributed by atoms with Gasteiger partial charge >= 0.3 is 0 Å². The lowest BCUT2D eigenvalue weighted by molar-refractivity contribution is -0.127. The molecular weight excluding hydrogens is 256 g/mol. The number of amides is 1. The van der Waals surface area contributed by atoms with Gasteiger partial charge in [-0.15, -0.1) is 0 Å². The number of ether oxygens (including phenoxy) is 1. The third-order valence-electron chi connectivity index (χ3n) is 2.73. The highest BCUT2D eigenvalue weighted by Gasteiger charge is 2.15. The molecule has 2 aromatic rings. The van der Waals surface area contributed by atoms with E-state index >= 15 is 0 Å². The zero-order valence-corrected chi connectivity index (χ0v) is 11.0. The maximum absolute atomic E-state index is 12.0. The summed E-state index contributed by atoms with van der Waals surface area (Å²) in [5.74, 6) is 0.348. The molecule has 1 aromatic heterocycles. The van der Waals surface area contributed by atoms with Crippen molar-refractivity contribution in [3.05, 3.63) is 54.0 Å². The molecule has 0 saturated carbocycles. The normalized spacial score (nSPS) is 11.6. The summed E-state index contributed by atoms with van der Waals surface area (Å²) in [4.78, 5) is 12.0. The van der Waals surface area contributed by atoms with Crippen molar-refractivity contribution in [1.29, 1.82) is 5.26 Å². The van der Waals surface area contributed by atoms with E-state index < -0.39 is 6.10 Å². The maximum atomic E-state index is 12.0. The molecule has 0 spiro atoms. The Balaban J connectivity index is 1.92. The average Bonchev–Trinajstić information content (AvgIpc) is 2.98. The first kappa shape index (κ1) is 13.8. The second-order valence-corrected chi connectivity index (χ2v) is 4.18. The standard InChI is InChI=1S/C15H14N2O3/c1-11(20-10-13-6-4-8-19-13)15(18)17-14-7-3-2-5-12(14)9-16/h2-8,11H,10H2,1H3,(H,17,18). The van der Waals surface area contributed by atoms with Gasteiger partial charge in [0, 0.05) is 0 Å². The number of nitrogens with one attached hydrogen (secondary N) is 1. The predicted octanol–water partition coefficient (Wildman–Crippen LogP) is 2.70. The molecule has 0 radical (unpaired) electrons. The number of carbonyl (C=O) groups is 1. The molecule has 102 valence electrons. The van der Waals surface area contributed by atoms with Crippen LogP contribution in [-0.4, -0.2) is 12.0 Å². The highest BCUT2D eigenvalue weighted by atomic mass is 16.5. The predicted molar refractivity (Wildman–Crippen MR) is 72.7 cm³/mol. The minimum Gasteiger partial charge on any atom is -0.467 e. The van der Waals surface area contributed by atoms with Gasteiger partial charge in [-0.2, -0.15) is 5.26 Å². The van der Waals surface area contributed by atoms with Gasteiger partial charge < -0.3 is 14.5 Å². The van der Waals surface area contributed by atoms with Gasteiger partial charge in [-0.1, -0.05) is 12.1 Å². The summed E-state index contributed by atoms with van der Waals surface area (Å²) in [5.41, 5.74) is 0.896. The molecule has 20 heavy (non-hydrogen) atoms. The Morgan fingerprint density at radius 3 is 2.90 bits per heavy atom. The summed E-state index contributed by atoms with van der Waals surface area (Å²) in [6.07, 6.45) is 0.902. The molecule has 1 N–H and O–H groups in total. The number of nitrogens with zero attached hydrogens (tertiary/aromatic N) is 1. The van der Waals surface area contributed by atoms with E-state index in [0.29, 0.717) is 17.0 Å². The SMILES string of the molecule is CC(OCc1ccco1)C(=O)Nc1ccccc1C#N. The molecule has 1 aromatic carbocycles. The fourth-order valence-electron chi connectivity index (χ4n) is 1.60. The first-order valence-corrected chi connectivity index (χ1v) is 6.14. The molecule has 2 rings (SSSR count). The van der Waals surface area contributed by atoms with Crippen LogP contribution < -0.4 is 5.32 Å². The second kappa shape index (κ2) is 6.55. The van der Waals surface area contributed by atoms with Gasteiger partial charge in [-0.05, 0) is 31.2 Å². The van der Waals surface area contributed by atoms with Crippen LogP contribution in [0.25, 0.3) is 0 Å². The Morgan fingerprint density at radius 2 is 2.20 bits per heavy atom. The number of rotatable bonds is 5. The lowest BCUT2D eigenvalue weighted by atomic mass is 10.2. The summed E-state index contributed by atoms with van der Waals surface area (Å²) >= 11 is 0. The van der Waals surface area contributed by atoms with E-state index in [1.54, 1.807) is 49.6 Å². The van der Waals surface area contributed by atoms with Crippen molar-refractivity contribution in [2.45, 2.75) is 19.6 Å². The largest absolute Gasteiger partial charge is 0.467 e. The molecule has 5 heteroatoms. The molecule has 0 fully saturated rings. The first-order valence-electron chi connectivity index (χ1n) is 6.14. The van der Waals surface area contributed by atoms with Crippen LogP contribution in [-0.2, 0) is 16.1 Å². The lowest BCUT2D eigenvalue weighted by Gasteiger charge is -2.13. The second-order valence-electron chi connectivity index (χ2n) is 4.18. The van der Waals surface area contributed by atoms with Crippen LogP contribution >= 0.6 is 0 Å². The third kappa shape index (κ3) is 3.46. The van der Waals surface area contributed by atoms with Crippen LogP contribution in [0.4, 0.5) is 5.69 Å². The molecule has 5 nitrogen and oxygen atoms in total. The van der Waals surface area contributed by atoms with Crippen LogP contribution in [0.5, 0.6) is 0 Å². The van der Waals surface area contributed by atoms with E-state index in [1.165, 1.54) is 0 Å². The smallest absolute Gasteiger partial charge is 0.253 e. The molecule has 0 aliphatic rings. The minimum atomic E-state index is -0.646. The van der Waals surface area contributed by atoms with Crippen molar-refractivity contribution in [2.24, 2.45) is 0 Å². The van der Waals surface area contributed by atoms with Crippen molar-refractivity contribution < 1.29 is 13.9 Å². The maximum Gasteiger partial charge on any atom is 0.253 e. The Hall–Kier alpha value is -2.58. The summed E-state index contributed by atoms with van der Waals surface area (Å²) in [6.45, 7) is 1.87. The van der Waals surface area contributed by atoms with Crippen LogP contribution in [0.2, 0.25) is 0 Å². The van der Waals surface area contributed by atoms with Crippen molar-refractivity contribution in [3.8, 4) is 6.07 Å². The van der Waals surface area contributed by atoms with E-state index in [1.807, 2.05) is 6.07 Å². The Bertz CT molecular complexity index is 614. The quantitative estimate of drug-likeness (QED) is 0.906. The molecule has 1 atom stereocenters. The average molecular weight is 270 g/mol. The monoisotopic (exact) mass is 270 g/mol. The summed E-state index contributed by atoms with van der Waals surface area (Å²) in [6, 6.07) is 12.4. The van der Waals surface area contributed by atoms with Crippen molar-refractivity contribution in [3.63, 3.8) is 0 Å². The first-order chi connectivity index (χ1) is 9.70. The van der Waals surface area contributed by atoms with Gasteiger partial charge in [0.05, 0.1) is 17.5 Å². The van der Waals surface area contributed by atoms with Crippen molar-refractivity contribution in [2.75, 3.05) is 5.32 Å². The van der Waals surface area contributed by atoms with Gasteiger partial charge in [0.1, 0.15) is 24.5 Å². The Kier molecular flexibility index (Phi) is 4.53. The van der Waals surface area contributed by atoms with Gasteiger partial charge in [-0.3, -0.25) is 4.79 Å². The molecule has 0 saturated heterocycles. The number of furan rings is 1. The Labute approximate surface area is 116 Å². The topological polar surface area (TPSA) is 75.3 Å². The molecule has 1 unspecified atom stereocenters. The molecule has 1 amide bonds. The van der Waals surface area contributed by atoms with Crippen molar-refractivity contribution in [1.82, 2.24) is 0 Å². The number of hydrogen-bond donors (Lipinski definition) is 1. The van der Waals surface area contributed by atoms with Gasteiger partial charge in [0.15, 0.2) is 0 Å². The van der Waals surface area contributed by atoms with E-state index in [0.717, 1.165) is 0 Å². The molecule has 0 aliphatic heterocycles. The minimum absolute atomic E-state index is 0.224. The zero-order chi connectivity index (χ0) is 14.4. The molecular formula is C15H14N2O3. The highest BCUT2D eigenvalue weighted by Crippen LogP contribution is 2.14. The van der Waals surface area contributed by atoms with Gasteiger partial charge in [-0.25, -0.2) is 0 Å². The van der Waals surface area contributed by atoms with Gasteiger partial charge in [0.25, 0.3) is 5.91 Å². The number of benzene rings is 1. The number of hydrogen-bond acceptors (Lipinski definition) is 4. The van der Waals surface area contributed by atoms with Crippen molar-refractivity contribution >= 4 is 11.6 Å². The molecule has 0 bridgehead atoms. The number of para-hydroxylation sites is 1. The fourth-order valence-corrected chi connectivity index (χ4v) is 1.60. The van der Waals surface area contributed by atoms with E-state index in [2.05, 4.69) is 5.32 Å². The Morgan fingerprint density at radius 1 is 1.40 bits per heavy atom. The third-order valence-corrected chi connectivity index (χ3v) is 2.73. The summed E-state index contributed by atoms with van der Waals surface area (Å²) < 4.78 is 10.5. The van der Waals surface area contributed by atoms with E-state index in [-0.39, 0.29) is 12.5 Å². The van der Waals surface area contributed by atoms with Crippen LogP contribution in [0.1, 0.15) is 18.2 Å². The zero-order valence-electron chi connectivity index (χ0n) is 11.0. The van der Waals surface area contributed by atoms with Crippen LogP contribution in [0.3, 0.4) is 0 Å². The summed E-state index contributed by atoms with van der Waals surface area (Å²) in [7, 11) is 0. The fraction of sp³-hybridized carbons (Fsp3) is 0.200. The highest BCUT2D eigenvalue weighted by molar-refractivity contribution is 5.95. The molecule has 1 heterocycles. The number of anilines is 1. The van der Waals surface area contributed by atoms with Crippen LogP contribution in [0.15, 0.2) is 47.1 Å². The number of carbonyl (C=O) groups excluding carboxylic acids is 1.